The monoisotopic (exact) mass is 259 g/mol. The van der Waals surface area contributed by atoms with Gasteiger partial charge in [0.15, 0.2) is 0 Å². The first-order chi connectivity index (χ1) is 6.45. The molecule has 0 radical (unpaired) electrons. The van der Waals surface area contributed by atoms with Crippen molar-refractivity contribution in [3.8, 4) is 0 Å². The van der Waals surface area contributed by atoms with Crippen LogP contribution in [0.15, 0.2) is 21.4 Å². The summed E-state index contributed by atoms with van der Waals surface area (Å²) in [5, 5.41) is 8.80. The van der Waals surface area contributed by atoms with E-state index in [1.807, 2.05) is 0 Å². The van der Waals surface area contributed by atoms with Crippen LogP contribution in [-0.4, -0.2) is 15.6 Å². The molecule has 0 aliphatic rings. The number of nitrogens with zero attached hydrogens (tertiary/aromatic N) is 1. The fourth-order valence-electron chi connectivity index (χ4n) is 1.22. The van der Waals surface area contributed by atoms with Gasteiger partial charge in [-0.15, -0.1) is 0 Å². The molecule has 0 aromatic carbocycles. The Morgan fingerprint density at radius 2 is 2.14 bits per heavy atom. The van der Waals surface area contributed by atoms with Crippen LogP contribution in [0.2, 0.25) is 0 Å². The highest BCUT2D eigenvalue weighted by Gasteiger charge is 2.17. The van der Waals surface area contributed by atoms with Crippen LogP contribution in [0.3, 0.4) is 0 Å². The third kappa shape index (κ3) is 1.87. The predicted molar refractivity (Wildman–Crippen MR) is 55.5 cm³/mol. The molecule has 0 aliphatic carbocycles. The molecule has 0 saturated heterocycles. The maximum Gasteiger partial charge on any atom is 0.326 e. The van der Waals surface area contributed by atoms with E-state index >= 15 is 0 Å². The number of pyridine rings is 1. The van der Waals surface area contributed by atoms with Crippen molar-refractivity contribution in [3.63, 3.8) is 0 Å². The van der Waals surface area contributed by atoms with E-state index in [1.54, 1.807) is 13.0 Å². The second kappa shape index (κ2) is 3.96. The average Bonchev–Trinajstić information content (AvgIpc) is 2.12. The number of hydrogen-bond donors (Lipinski definition) is 1. The smallest absolute Gasteiger partial charge is 0.326 e. The molecule has 1 unspecified atom stereocenters. The van der Waals surface area contributed by atoms with E-state index in [0.717, 1.165) is 4.47 Å². The molecule has 0 fully saturated rings. The first-order valence-electron chi connectivity index (χ1n) is 4.05. The molecular weight excluding hydrogens is 250 g/mol. The van der Waals surface area contributed by atoms with Crippen LogP contribution in [0.1, 0.15) is 18.7 Å². The Bertz CT molecular complexity index is 425. The largest absolute Gasteiger partial charge is 0.480 e. The highest BCUT2D eigenvalue weighted by atomic mass is 79.9. The number of aromatic nitrogens is 1. The van der Waals surface area contributed by atoms with Crippen LogP contribution >= 0.6 is 15.9 Å². The van der Waals surface area contributed by atoms with Crippen molar-refractivity contribution < 1.29 is 9.90 Å². The van der Waals surface area contributed by atoms with Gasteiger partial charge in [-0.05, 0) is 35.8 Å². The Labute approximate surface area is 89.3 Å². The standard InChI is InChI=1S/C9H10BrNO3/c1-5-7(10)3-4-8(12)11(5)6(2)9(13)14/h3-4,6H,1-2H3,(H,13,14). The Balaban J connectivity index is 3.40. The van der Waals surface area contributed by atoms with Crippen LogP contribution < -0.4 is 5.56 Å². The van der Waals surface area contributed by atoms with E-state index in [2.05, 4.69) is 15.9 Å². The summed E-state index contributed by atoms with van der Waals surface area (Å²) >= 11 is 3.24. The van der Waals surface area contributed by atoms with E-state index < -0.39 is 12.0 Å². The van der Waals surface area contributed by atoms with Gasteiger partial charge < -0.3 is 5.11 Å². The number of carboxylic acids is 1. The van der Waals surface area contributed by atoms with E-state index in [-0.39, 0.29) is 5.56 Å². The molecule has 1 heterocycles. The van der Waals surface area contributed by atoms with E-state index in [0.29, 0.717) is 5.69 Å². The SMILES string of the molecule is Cc1c(Br)ccc(=O)n1C(C)C(=O)O. The molecule has 1 rings (SSSR count). The third-order valence-electron chi connectivity index (χ3n) is 2.06. The van der Waals surface area contributed by atoms with Crippen molar-refractivity contribution in [2.45, 2.75) is 19.9 Å². The van der Waals surface area contributed by atoms with Crippen molar-refractivity contribution in [1.82, 2.24) is 4.57 Å². The topological polar surface area (TPSA) is 59.3 Å². The zero-order valence-corrected chi connectivity index (χ0v) is 9.41. The van der Waals surface area contributed by atoms with Crippen molar-refractivity contribution in [2.75, 3.05) is 0 Å². The highest BCUT2D eigenvalue weighted by molar-refractivity contribution is 9.10. The third-order valence-corrected chi connectivity index (χ3v) is 2.90. The molecule has 1 aromatic rings. The number of rotatable bonds is 2. The van der Waals surface area contributed by atoms with E-state index in [1.165, 1.54) is 17.6 Å². The fraction of sp³-hybridized carbons (Fsp3) is 0.333. The van der Waals surface area contributed by atoms with E-state index in [4.69, 9.17) is 5.11 Å². The zero-order chi connectivity index (χ0) is 10.9. The van der Waals surface area contributed by atoms with Gasteiger partial charge in [0.1, 0.15) is 6.04 Å². The summed E-state index contributed by atoms with van der Waals surface area (Å²) in [6, 6.07) is 2.11. The maximum atomic E-state index is 11.4. The van der Waals surface area contributed by atoms with Gasteiger partial charge in [-0.2, -0.15) is 0 Å². The number of hydrogen-bond acceptors (Lipinski definition) is 2. The Kier molecular flexibility index (Phi) is 3.10. The van der Waals surface area contributed by atoms with Crippen LogP contribution in [-0.2, 0) is 4.79 Å². The van der Waals surface area contributed by atoms with Crippen LogP contribution in [0.25, 0.3) is 0 Å². The predicted octanol–water partition coefficient (Wildman–Crippen LogP) is 1.56. The Hall–Kier alpha value is -1.10. The molecule has 0 spiro atoms. The number of carboxylic acid groups (broad SMARTS) is 1. The average molecular weight is 260 g/mol. The number of carbonyl (C=O) groups is 1. The molecular formula is C9H10BrNO3. The molecule has 0 amide bonds. The van der Waals surface area contributed by atoms with Gasteiger partial charge in [0, 0.05) is 16.2 Å². The lowest BCUT2D eigenvalue weighted by Crippen LogP contribution is -2.29. The van der Waals surface area contributed by atoms with Gasteiger partial charge in [-0.3, -0.25) is 9.36 Å². The van der Waals surface area contributed by atoms with Gasteiger partial charge in [0.25, 0.3) is 5.56 Å². The van der Waals surface area contributed by atoms with Crippen LogP contribution in [0.4, 0.5) is 0 Å². The second-order valence-electron chi connectivity index (χ2n) is 2.99. The van der Waals surface area contributed by atoms with Crippen molar-refractivity contribution in [1.29, 1.82) is 0 Å². The molecule has 76 valence electrons. The first kappa shape index (κ1) is 11.0. The quantitative estimate of drug-likeness (QED) is 0.877. The van der Waals surface area contributed by atoms with Crippen molar-refractivity contribution >= 4 is 21.9 Å². The van der Waals surface area contributed by atoms with Gasteiger partial charge >= 0.3 is 5.97 Å². The Morgan fingerprint density at radius 1 is 1.57 bits per heavy atom. The van der Waals surface area contributed by atoms with Crippen LogP contribution in [0, 0.1) is 6.92 Å². The van der Waals surface area contributed by atoms with Crippen molar-refractivity contribution in [2.24, 2.45) is 0 Å². The van der Waals surface area contributed by atoms with Crippen LogP contribution in [0.5, 0.6) is 0 Å². The minimum atomic E-state index is -1.02. The molecule has 1 atom stereocenters. The summed E-state index contributed by atoms with van der Waals surface area (Å²) in [4.78, 5) is 22.2. The first-order valence-corrected chi connectivity index (χ1v) is 4.85. The number of aliphatic carboxylic acids is 1. The molecule has 14 heavy (non-hydrogen) atoms. The summed E-state index contributed by atoms with van der Waals surface area (Å²) in [5.41, 5.74) is 0.313. The van der Waals surface area contributed by atoms with Gasteiger partial charge in [0.2, 0.25) is 0 Å². The lowest BCUT2D eigenvalue weighted by molar-refractivity contribution is -0.140. The highest BCUT2D eigenvalue weighted by Crippen LogP contribution is 2.16. The minimum absolute atomic E-state index is 0.305. The molecule has 0 saturated carbocycles. The fourth-order valence-corrected chi connectivity index (χ4v) is 1.54. The minimum Gasteiger partial charge on any atom is -0.480 e. The van der Waals surface area contributed by atoms with Gasteiger partial charge in [-0.25, -0.2) is 4.79 Å². The van der Waals surface area contributed by atoms with Gasteiger partial charge in [-0.1, -0.05) is 0 Å². The lowest BCUT2D eigenvalue weighted by atomic mass is 10.2. The summed E-state index contributed by atoms with van der Waals surface area (Å²) < 4.78 is 1.97. The zero-order valence-electron chi connectivity index (χ0n) is 7.82. The summed E-state index contributed by atoms with van der Waals surface area (Å²) in [6.45, 7) is 3.17. The lowest BCUT2D eigenvalue weighted by Gasteiger charge is -2.14. The normalized spacial score (nSPS) is 12.5. The summed E-state index contributed by atoms with van der Waals surface area (Å²) in [5.74, 6) is -1.02. The van der Waals surface area contributed by atoms with E-state index in [9.17, 15) is 9.59 Å². The summed E-state index contributed by atoms with van der Waals surface area (Å²) in [7, 11) is 0. The molecule has 4 nitrogen and oxygen atoms in total. The molecule has 1 aromatic heterocycles. The molecule has 0 aliphatic heterocycles. The molecule has 0 bridgehead atoms. The molecule has 5 heteroatoms. The van der Waals surface area contributed by atoms with Gasteiger partial charge in [0.05, 0.1) is 0 Å². The Morgan fingerprint density at radius 3 is 2.64 bits per heavy atom. The molecule has 1 N–H and O–H groups in total. The van der Waals surface area contributed by atoms with Crippen molar-refractivity contribution in [3.05, 3.63) is 32.7 Å². The summed E-state index contributed by atoms with van der Waals surface area (Å²) in [6.07, 6.45) is 0. The number of halogens is 1. The maximum absolute atomic E-state index is 11.4. The second-order valence-corrected chi connectivity index (χ2v) is 3.84.